The van der Waals surface area contributed by atoms with Crippen LogP contribution in [0.1, 0.15) is 155 Å². The van der Waals surface area contributed by atoms with E-state index in [9.17, 15) is 30.3 Å². The molecule has 9 nitrogen and oxygen atoms in total. The number of carbonyl (C=O) groups is 1. The first-order chi connectivity index (χ1) is 21.8. The van der Waals surface area contributed by atoms with Gasteiger partial charge in [0.15, 0.2) is 6.29 Å². The molecular formula is C36H69NO8. The van der Waals surface area contributed by atoms with Crippen molar-refractivity contribution in [1.82, 2.24) is 5.32 Å². The highest BCUT2D eigenvalue weighted by molar-refractivity contribution is 5.76. The van der Waals surface area contributed by atoms with Crippen molar-refractivity contribution in [2.45, 2.75) is 198 Å². The van der Waals surface area contributed by atoms with Gasteiger partial charge in [0.2, 0.25) is 5.91 Å². The summed E-state index contributed by atoms with van der Waals surface area (Å²) in [4.78, 5) is 12.8. The third kappa shape index (κ3) is 20.0. The first-order valence-electron chi connectivity index (χ1n) is 18.4. The molecular weight excluding hydrogens is 574 g/mol. The van der Waals surface area contributed by atoms with E-state index in [1.165, 1.54) is 96.3 Å². The van der Waals surface area contributed by atoms with Gasteiger partial charge in [-0.15, -0.1) is 0 Å². The molecule has 1 aliphatic heterocycles. The van der Waals surface area contributed by atoms with Crippen LogP contribution in [-0.4, -0.2) is 87.5 Å². The Balaban J connectivity index is 2.49. The van der Waals surface area contributed by atoms with Gasteiger partial charge in [0, 0.05) is 6.42 Å². The summed E-state index contributed by atoms with van der Waals surface area (Å²) in [6.45, 7) is 3.72. The van der Waals surface area contributed by atoms with Crippen LogP contribution in [0.5, 0.6) is 0 Å². The van der Waals surface area contributed by atoms with E-state index in [1.807, 2.05) is 6.08 Å². The number of hydrogen-bond donors (Lipinski definition) is 6. The number of aliphatic hydroxyl groups excluding tert-OH is 5. The molecule has 6 N–H and O–H groups in total. The first kappa shape index (κ1) is 42.0. The third-order valence-electron chi connectivity index (χ3n) is 8.86. The average Bonchev–Trinajstić information content (AvgIpc) is 3.04. The van der Waals surface area contributed by atoms with Gasteiger partial charge in [-0.2, -0.15) is 0 Å². The SMILES string of the molecule is CCCCCCCCCCCC/C=C/[C@@H](O)[C@H](CO[C@@H]1O[C@H](CO)[C@H](O)[C@H](O)[C@H]1O)NC(=O)CCCCCCCCCCCC. The van der Waals surface area contributed by atoms with Crippen molar-refractivity contribution >= 4 is 5.91 Å². The quantitative estimate of drug-likeness (QED) is 0.0441. The minimum Gasteiger partial charge on any atom is -0.394 e. The van der Waals surface area contributed by atoms with Crippen LogP contribution in [0, 0.1) is 0 Å². The summed E-state index contributed by atoms with van der Waals surface area (Å²) in [5.41, 5.74) is 0. The summed E-state index contributed by atoms with van der Waals surface area (Å²) in [5, 5.41) is 53.7. The molecule has 1 fully saturated rings. The van der Waals surface area contributed by atoms with Crippen LogP contribution in [0.4, 0.5) is 0 Å². The molecule has 1 rings (SSSR count). The summed E-state index contributed by atoms with van der Waals surface area (Å²) in [6, 6.07) is -0.794. The number of nitrogens with one attached hydrogen (secondary N) is 1. The molecule has 266 valence electrons. The highest BCUT2D eigenvalue weighted by atomic mass is 16.7. The lowest BCUT2D eigenvalue weighted by Gasteiger charge is -2.40. The minimum atomic E-state index is -1.56. The minimum absolute atomic E-state index is 0.181. The maximum atomic E-state index is 12.8. The van der Waals surface area contributed by atoms with Gasteiger partial charge in [0.05, 0.1) is 25.4 Å². The van der Waals surface area contributed by atoms with Crippen LogP contribution in [0.3, 0.4) is 0 Å². The molecule has 1 heterocycles. The second-order valence-corrected chi connectivity index (χ2v) is 13.0. The molecule has 0 aromatic rings. The fourth-order valence-electron chi connectivity index (χ4n) is 5.80. The highest BCUT2D eigenvalue weighted by Gasteiger charge is 2.44. The zero-order chi connectivity index (χ0) is 33.1. The Morgan fingerprint density at radius 1 is 0.733 bits per heavy atom. The third-order valence-corrected chi connectivity index (χ3v) is 8.86. The lowest BCUT2D eigenvalue weighted by molar-refractivity contribution is -0.302. The summed E-state index contributed by atoms with van der Waals surface area (Å²) in [6.07, 6.45) is 21.1. The monoisotopic (exact) mass is 644 g/mol. The van der Waals surface area contributed by atoms with E-state index in [0.717, 1.165) is 38.5 Å². The van der Waals surface area contributed by atoms with Gasteiger partial charge >= 0.3 is 0 Å². The predicted molar refractivity (Wildman–Crippen MR) is 180 cm³/mol. The van der Waals surface area contributed by atoms with Gasteiger partial charge in [-0.05, 0) is 19.3 Å². The molecule has 1 saturated heterocycles. The fraction of sp³-hybridized carbons (Fsp3) is 0.917. The molecule has 0 aromatic heterocycles. The lowest BCUT2D eigenvalue weighted by Crippen LogP contribution is -2.60. The maximum absolute atomic E-state index is 12.8. The Labute approximate surface area is 274 Å². The Kier molecular flexibility index (Phi) is 26.1. The summed E-state index contributed by atoms with van der Waals surface area (Å²) in [7, 11) is 0. The van der Waals surface area contributed by atoms with Crippen molar-refractivity contribution in [3.05, 3.63) is 12.2 Å². The molecule has 45 heavy (non-hydrogen) atoms. The van der Waals surface area contributed by atoms with Gasteiger partial charge in [-0.25, -0.2) is 0 Å². The number of amides is 1. The number of ether oxygens (including phenoxy) is 2. The maximum Gasteiger partial charge on any atom is 0.220 e. The Bertz CT molecular complexity index is 721. The molecule has 9 heteroatoms. The highest BCUT2D eigenvalue weighted by Crippen LogP contribution is 2.22. The molecule has 0 spiro atoms. The smallest absolute Gasteiger partial charge is 0.220 e. The molecule has 7 atom stereocenters. The van der Waals surface area contributed by atoms with Gasteiger partial charge in [0.25, 0.3) is 0 Å². The van der Waals surface area contributed by atoms with Crippen LogP contribution in [-0.2, 0) is 14.3 Å². The molecule has 0 radical (unpaired) electrons. The fourth-order valence-corrected chi connectivity index (χ4v) is 5.80. The van der Waals surface area contributed by atoms with Crippen molar-refractivity contribution in [1.29, 1.82) is 0 Å². The second-order valence-electron chi connectivity index (χ2n) is 13.0. The van der Waals surface area contributed by atoms with E-state index in [4.69, 9.17) is 9.47 Å². The second kappa shape index (κ2) is 28.0. The molecule has 1 amide bonds. The molecule has 0 saturated carbocycles. The number of unbranched alkanes of at least 4 members (excludes halogenated alkanes) is 19. The molecule has 1 aliphatic rings. The normalized spacial score (nSPS) is 23.4. The summed E-state index contributed by atoms with van der Waals surface area (Å²) in [5.74, 6) is -0.181. The zero-order valence-corrected chi connectivity index (χ0v) is 28.6. The van der Waals surface area contributed by atoms with Crippen molar-refractivity contribution in [3.8, 4) is 0 Å². The van der Waals surface area contributed by atoms with Crippen LogP contribution in [0.2, 0.25) is 0 Å². The zero-order valence-electron chi connectivity index (χ0n) is 28.6. The van der Waals surface area contributed by atoms with E-state index < -0.39 is 49.5 Å². The average molecular weight is 644 g/mol. The Morgan fingerprint density at radius 2 is 1.22 bits per heavy atom. The van der Waals surface area contributed by atoms with Crippen LogP contribution < -0.4 is 5.32 Å². The summed E-state index contributed by atoms with van der Waals surface area (Å²) < 4.78 is 11.1. The van der Waals surface area contributed by atoms with Crippen molar-refractivity contribution in [2.75, 3.05) is 13.2 Å². The first-order valence-corrected chi connectivity index (χ1v) is 18.4. The van der Waals surface area contributed by atoms with Crippen LogP contribution in [0.25, 0.3) is 0 Å². The van der Waals surface area contributed by atoms with E-state index in [-0.39, 0.29) is 12.5 Å². The van der Waals surface area contributed by atoms with E-state index >= 15 is 0 Å². The lowest BCUT2D eigenvalue weighted by atomic mass is 9.99. The Hall–Kier alpha value is -1.07. The van der Waals surface area contributed by atoms with Crippen molar-refractivity contribution in [3.63, 3.8) is 0 Å². The molecule has 0 aromatic carbocycles. The van der Waals surface area contributed by atoms with E-state index in [2.05, 4.69) is 19.2 Å². The van der Waals surface area contributed by atoms with E-state index in [0.29, 0.717) is 6.42 Å². The van der Waals surface area contributed by atoms with Gasteiger partial charge in [0.1, 0.15) is 24.4 Å². The van der Waals surface area contributed by atoms with Crippen LogP contribution in [0.15, 0.2) is 12.2 Å². The topological polar surface area (TPSA) is 149 Å². The number of aliphatic hydroxyl groups is 5. The van der Waals surface area contributed by atoms with Crippen molar-refractivity contribution < 1.29 is 39.8 Å². The van der Waals surface area contributed by atoms with Crippen LogP contribution >= 0.6 is 0 Å². The van der Waals surface area contributed by atoms with Gasteiger partial charge in [-0.1, -0.05) is 142 Å². The molecule has 0 aliphatic carbocycles. The molecule has 0 unspecified atom stereocenters. The van der Waals surface area contributed by atoms with Crippen molar-refractivity contribution in [2.24, 2.45) is 0 Å². The summed E-state index contributed by atoms with van der Waals surface area (Å²) >= 11 is 0. The largest absolute Gasteiger partial charge is 0.394 e. The number of allylic oxidation sites excluding steroid dienone is 1. The van der Waals surface area contributed by atoms with E-state index in [1.54, 1.807) is 6.08 Å². The number of hydrogen-bond acceptors (Lipinski definition) is 8. The Morgan fingerprint density at radius 3 is 1.73 bits per heavy atom. The predicted octanol–water partition coefficient (Wildman–Crippen LogP) is 5.83. The molecule has 0 bridgehead atoms. The van der Waals surface area contributed by atoms with Gasteiger partial charge in [-0.3, -0.25) is 4.79 Å². The number of rotatable bonds is 29. The number of carbonyl (C=O) groups excluding carboxylic acids is 1. The van der Waals surface area contributed by atoms with Gasteiger partial charge < -0.3 is 40.3 Å². The standard InChI is InChI=1S/C36H69NO8/c1-3-5-7-9-11-13-15-16-17-19-21-23-25-30(39)29(28-44-36-35(43)34(42)33(41)31(27-38)45-36)37-32(40)26-24-22-20-18-14-12-10-8-6-4-2/h23,25,29-31,33-36,38-39,41-43H,3-22,24,26-28H2,1-2H3,(H,37,40)/b25-23+/t29-,30+,31+,33-,34-,35+,36+/m0/s1.